The number of amides is 1. The van der Waals surface area contributed by atoms with E-state index in [0.717, 1.165) is 32.5 Å². The van der Waals surface area contributed by atoms with Gasteiger partial charge >= 0.3 is 6.09 Å². The average molecular weight is 346 g/mol. The zero-order chi connectivity index (χ0) is 16.2. The first-order valence-electron chi connectivity index (χ1n) is 7.61. The lowest BCUT2D eigenvalue weighted by Gasteiger charge is -2.32. The number of likely N-dealkylation sites (tertiary alicyclic amines) is 1. The van der Waals surface area contributed by atoms with E-state index in [1.807, 2.05) is 27.0 Å². The second-order valence-electron chi connectivity index (χ2n) is 6.71. The van der Waals surface area contributed by atoms with Crippen LogP contribution in [0.3, 0.4) is 0 Å². The Labute approximate surface area is 141 Å². The Morgan fingerprint density at radius 1 is 1.59 bits per heavy atom. The van der Waals surface area contributed by atoms with Gasteiger partial charge in [-0.15, -0.1) is 11.3 Å². The fourth-order valence-electron chi connectivity index (χ4n) is 2.58. The van der Waals surface area contributed by atoms with Gasteiger partial charge in [-0.3, -0.25) is 4.90 Å². The molecule has 124 valence electrons. The van der Waals surface area contributed by atoms with Gasteiger partial charge in [-0.2, -0.15) is 0 Å². The number of nitrogens with one attached hydrogen (secondary N) is 1. The van der Waals surface area contributed by atoms with Crippen LogP contribution in [0, 0.1) is 5.92 Å². The number of halogens is 1. The van der Waals surface area contributed by atoms with E-state index in [-0.39, 0.29) is 6.09 Å². The first-order valence-corrected chi connectivity index (χ1v) is 8.81. The highest BCUT2D eigenvalue weighted by molar-refractivity contribution is 7.15. The zero-order valence-electron chi connectivity index (χ0n) is 13.4. The molecule has 0 bridgehead atoms. The summed E-state index contributed by atoms with van der Waals surface area (Å²) in [4.78, 5) is 19.4. The van der Waals surface area contributed by atoms with Gasteiger partial charge in [0.05, 0.1) is 0 Å². The summed E-state index contributed by atoms with van der Waals surface area (Å²) in [5.41, 5.74) is -0.450. The Morgan fingerprint density at radius 2 is 2.36 bits per heavy atom. The molecule has 0 spiro atoms. The minimum absolute atomic E-state index is 0.334. The van der Waals surface area contributed by atoms with Gasteiger partial charge in [0.1, 0.15) is 5.60 Å². The van der Waals surface area contributed by atoms with Crippen LogP contribution < -0.4 is 5.32 Å². The van der Waals surface area contributed by atoms with Crippen LogP contribution in [0.15, 0.2) is 6.20 Å². The molecule has 0 unspecified atom stereocenters. The van der Waals surface area contributed by atoms with Crippen molar-refractivity contribution >= 4 is 29.0 Å². The molecule has 1 atom stereocenters. The van der Waals surface area contributed by atoms with Gasteiger partial charge in [-0.05, 0) is 46.1 Å². The van der Waals surface area contributed by atoms with Gasteiger partial charge in [0.2, 0.25) is 0 Å². The maximum atomic E-state index is 11.7. The Bertz CT molecular complexity index is 501. The first-order chi connectivity index (χ1) is 10.3. The van der Waals surface area contributed by atoms with E-state index in [1.54, 1.807) is 0 Å². The largest absolute Gasteiger partial charge is 0.444 e. The fraction of sp³-hybridized carbons (Fsp3) is 0.733. The molecule has 2 rings (SSSR count). The molecule has 1 aliphatic heterocycles. The molecular weight excluding hydrogens is 322 g/mol. The molecule has 1 N–H and O–H groups in total. The molecule has 1 aromatic heterocycles. The molecular formula is C15H24ClN3O2S. The summed E-state index contributed by atoms with van der Waals surface area (Å²) in [6.07, 6.45) is 3.79. The third-order valence-electron chi connectivity index (χ3n) is 3.44. The van der Waals surface area contributed by atoms with Gasteiger partial charge in [-0.25, -0.2) is 9.78 Å². The second-order valence-corrected chi connectivity index (χ2v) is 8.40. The Morgan fingerprint density at radius 3 is 3.00 bits per heavy atom. The minimum Gasteiger partial charge on any atom is -0.444 e. The quantitative estimate of drug-likeness (QED) is 0.906. The van der Waals surface area contributed by atoms with Crippen LogP contribution in [0.2, 0.25) is 4.47 Å². The van der Waals surface area contributed by atoms with Crippen molar-refractivity contribution < 1.29 is 9.53 Å². The number of rotatable bonds is 4. The highest BCUT2D eigenvalue weighted by atomic mass is 35.5. The average Bonchev–Trinajstić information content (AvgIpc) is 2.80. The normalized spacial score (nSPS) is 19.9. The van der Waals surface area contributed by atoms with Crippen molar-refractivity contribution in [2.45, 2.75) is 45.8 Å². The lowest BCUT2D eigenvalue weighted by atomic mass is 9.98. The molecule has 1 saturated heterocycles. The van der Waals surface area contributed by atoms with E-state index >= 15 is 0 Å². The number of carbonyl (C=O) groups is 1. The lowest BCUT2D eigenvalue weighted by Crippen LogP contribution is -2.41. The van der Waals surface area contributed by atoms with Gasteiger partial charge < -0.3 is 10.1 Å². The van der Waals surface area contributed by atoms with E-state index in [0.29, 0.717) is 16.9 Å². The Balaban J connectivity index is 1.75. The van der Waals surface area contributed by atoms with Crippen LogP contribution in [0.25, 0.3) is 0 Å². The van der Waals surface area contributed by atoms with E-state index in [2.05, 4.69) is 15.2 Å². The molecule has 1 fully saturated rings. The highest BCUT2D eigenvalue weighted by Crippen LogP contribution is 2.23. The summed E-state index contributed by atoms with van der Waals surface area (Å²) in [7, 11) is 0. The smallest absolute Gasteiger partial charge is 0.407 e. The van der Waals surface area contributed by atoms with Gasteiger partial charge in [-0.1, -0.05) is 11.6 Å². The maximum Gasteiger partial charge on any atom is 0.407 e. The zero-order valence-corrected chi connectivity index (χ0v) is 15.0. The molecule has 1 aliphatic rings. The maximum absolute atomic E-state index is 11.7. The highest BCUT2D eigenvalue weighted by Gasteiger charge is 2.22. The number of hydrogen-bond donors (Lipinski definition) is 1. The first kappa shape index (κ1) is 17.5. The van der Waals surface area contributed by atoms with E-state index in [1.165, 1.54) is 16.2 Å². The molecule has 7 heteroatoms. The predicted octanol–water partition coefficient (Wildman–Crippen LogP) is 3.53. The van der Waals surface area contributed by atoms with E-state index in [9.17, 15) is 4.79 Å². The number of piperidine rings is 1. The number of thiazole rings is 1. The Hall–Kier alpha value is -0.850. The van der Waals surface area contributed by atoms with Crippen molar-refractivity contribution in [3.05, 3.63) is 15.5 Å². The van der Waals surface area contributed by atoms with Crippen molar-refractivity contribution in [3.8, 4) is 0 Å². The predicted molar refractivity (Wildman–Crippen MR) is 89.4 cm³/mol. The molecule has 2 heterocycles. The third-order valence-corrected chi connectivity index (χ3v) is 4.54. The van der Waals surface area contributed by atoms with Crippen LogP contribution in [-0.4, -0.2) is 41.2 Å². The molecule has 0 aromatic carbocycles. The van der Waals surface area contributed by atoms with Gasteiger partial charge in [0, 0.05) is 30.7 Å². The van der Waals surface area contributed by atoms with E-state index < -0.39 is 5.60 Å². The summed E-state index contributed by atoms with van der Waals surface area (Å²) in [6.45, 7) is 9.21. The van der Waals surface area contributed by atoms with Crippen molar-refractivity contribution in [1.29, 1.82) is 0 Å². The molecule has 5 nitrogen and oxygen atoms in total. The van der Waals surface area contributed by atoms with Crippen LogP contribution in [0.1, 0.15) is 38.5 Å². The van der Waals surface area contributed by atoms with Crippen LogP contribution in [0.5, 0.6) is 0 Å². The number of hydrogen-bond acceptors (Lipinski definition) is 5. The molecule has 0 saturated carbocycles. The number of carbonyl (C=O) groups excluding carboxylic acids is 1. The summed E-state index contributed by atoms with van der Waals surface area (Å²) >= 11 is 7.40. The number of ether oxygens (including phenoxy) is 1. The van der Waals surface area contributed by atoms with Crippen molar-refractivity contribution in [2.24, 2.45) is 5.92 Å². The van der Waals surface area contributed by atoms with Crippen molar-refractivity contribution in [3.63, 3.8) is 0 Å². The molecule has 1 amide bonds. The van der Waals surface area contributed by atoms with Crippen LogP contribution in [0.4, 0.5) is 4.79 Å². The summed E-state index contributed by atoms with van der Waals surface area (Å²) < 4.78 is 5.86. The van der Waals surface area contributed by atoms with Gasteiger partial charge in [0.25, 0.3) is 0 Å². The third kappa shape index (κ3) is 6.10. The van der Waals surface area contributed by atoms with Crippen LogP contribution >= 0.6 is 22.9 Å². The molecule has 1 aromatic rings. The van der Waals surface area contributed by atoms with E-state index in [4.69, 9.17) is 16.3 Å². The number of aromatic nitrogens is 1. The van der Waals surface area contributed by atoms with Gasteiger partial charge in [0.15, 0.2) is 4.47 Å². The standard InChI is InChI=1S/C15H24ClN3O2S/c1-15(2,3)21-14(20)18-7-11-5-4-6-19(9-11)10-12-8-17-13(16)22-12/h8,11H,4-7,9-10H2,1-3H3,(H,18,20)/t11-/m1/s1. The Kier molecular flexibility index (Phi) is 6.06. The summed E-state index contributed by atoms with van der Waals surface area (Å²) in [5.74, 6) is 0.463. The minimum atomic E-state index is -0.450. The molecule has 0 aliphatic carbocycles. The monoisotopic (exact) mass is 345 g/mol. The van der Waals surface area contributed by atoms with Crippen LogP contribution in [-0.2, 0) is 11.3 Å². The van der Waals surface area contributed by atoms with Crippen molar-refractivity contribution in [2.75, 3.05) is 19.6 Å². The summed E-state index contributed by atoms with van der Waals surface area (Å²) in [5, 5.41) is 2.88. The molecule has 22 heavy (non-hydrogen) atoms. The summed E-state index contributed by atoms with van der Waals surface area (Å²) in [6, 6.07) is 0. The second kappa shape index (κ2) is 7.62. The van der Waals surface area contributed by atoms with Crippen molar-refractivity contribution in [1.82, 2.24) is 15.2 Å². The SMILES string of the molecule is CC(C)(C)OC(=O)NC[C@H]1CCCN(Cc2cnc(Cl)s2)C1. The topological polar surface area (TPSA) is 54.5 Å². The fourth-order valence-corrected chi connectivity index (χ4v) is 3.60. The lowest BCUT2D eigenvalue weighted by molar-refractivity contribution is 0.0506. The molecule has 0 radical (unpaired) electrons. The number of alkyl carbamates (subject to hydrolysis) is 1. The number of nitrogens with zero attached hydrogens (tertiary/aromatic N) is 2.